The number of methoxy groups -OCH3 is 1. The highest BCUT2D eigenvalue weighted by Crippen LogP contribution is 2.48. The Kier molecular flexibility index (Phi) is 6.71. The van der Waals surface area contributed by atoms with Crippen LogP contribution in [-0.4, -0.2) is 31.0 Å². The number of anilines is 2. The molecule has 0 radical (unpaired) electrons. The molecule has 0 saturated carbocycles. The highest BCUT2D eigenvalue weighted by atomic mass is 35.5. The van der Waals surface area contributed by atoms with Crippen LogP contribution in [0.5, 0.6) is 11.5 Å². The Balaban J connectivity index is 1.39. The third kappa shape index (κ3) is 4.47. The lowest BCUT2D eigenvalue weighted by Crippen LogP contribution is -2.37. The molecule has 200 valence electrons. The van der Waals surface area contributed by atoms with E-state index in [4.69, 9.17) is 25.9 Å². The average molecular weight is 555 g/mol. The summed E-state index contributed by atoms with van der Waals surface area (Å²) in [6.07, 6.45) is -1.03. The zero-order valence-corrected chi connectivity index (χ0v) is 22.0. The molecule has 6 rings (SSSR count). The fourth-order valence-electron chi connectivity index (χ4n) is 5.08. The maximum absolute atomic E-state index is 13.8. The standard InChI is InChI=1S/C31H23ClN2O6/c1-38-25-18-20(12-17-24(25)39-31(37)19-8-4-2-5-9-19)27-26-28(40-34(27)23-15-13-21(32)14-16-23)30(36)33(29(26)35)22-10-6-3-7-11-22/h2-18,26-28H,1H3/t26-,27+,28-/m0/s1. The first kappa shape index (κ1) is 25.6. The molecule has 40 heavy (non-hydrogen) atoms. The molecule has 4 aromatic rings. The molecule has 3 atom stereocenters. The maximum atomic E-state index is 13.8. The van der Waals surface area contributed by atoms with Crippen LogP contribution in [0, 0.1) is 5.92 Å². The van der Waals surface area contributed by atoms with Crippen LogP contribution in [0.15, 0.2) is 103 Å². The van der Waals surface area contributed by atoms with E-state index in [0.717, 1.165) is 0 Å². The number of rotatable bonds is 6. The van der Waals surface area contributed by atoms with Crippen LogP contribution < -0.4 is 19.4 Å². The molecule has 2 amide bonds. The van der Waals surface area contributed by atoms with Gasteiger partial charge in [-0.1, -0.05) is 54.1 Å². The van der Waals surface area contributed by atoms with Crippen molar-refractivity contribution in [1.29, 1.82) is 0 Å². The Labute approximate surface area is 235 Å². The number of hydrogen-bond donors (Lipinski definition) is 0. The molecule has 2 saturated heterocycles. The van der Waals surface area contributed by atoms with Crippen LogP contribution in [0.1, 0.15) is 22.0 Å². The van der Waals surface area contributed by atoms with Gasteiger partial charge >= 0.3 is 5.97 Å². The topological polar surface area (TPSA) is 85.4 Å². The van der Waals surface area contributed by atoms with Crippen molar-refractivity contribution in [3.63, 3.8) is 0 Å². The molecule has 0 aromatic heterocycles. The van der Waals surface area contributed by atoms with Crippen molar-refractivity contribution in [2.45, 2.75) is 12.1 Å². The number of amides is 2. The number of esters is 1. The molecule has 0 aliphatic carbocycles. The molecule has 2 aliphatic heterocycles. The van der Waals surface area contributed by atoms with Crippen molar-refractivity contribution in [2.75, 3.05) is 17.1 Å². The molecular weight excluding hydrogens is 532 g/mol. The summed E-state index contributed by atoms with van der Waals surface area (Å²) in [6.45, 7) is 0. The number of carbonyl (C=O) groups is 3. The highest BCUT2D eigenvalue weighted by Gasteiger charge is 2.60. The number of para-hydroxylation sites is 1. The van der Waals surface area contributed by atoms with Crippen molar-refractivity contribution in [3.05, 3.63) is 119 Å². The first-order valence-electron chi connectivity index (χ1n) is 12.6. The molecule has 0 unspecified atom stereocenters. The van der Waals surface area contributed by atoms with Gasteiger partial charge in [-0.05, 0) is 66.2 Å². The third-order valence-corrected chi connectivity index (χ3v) is 7.20. The Morgan fingerprint density at radius 2 is 1.48 bits per heavy atom. The first-order valence-corrected chi connectivity index (χ1v) is 12.9. The van der Waals surface area contributed by atoms with Crippen molar-refractivity contribution in [2.24, 2.45) is 5.92 Å². The van der Waals surface area contributed by atoms with Gasteiger partial charge in [-0.15, -0.1) is 0 Å². The second kappa shape index (κ2) is 10.5. The molecule has 2 aliphatic rings. The van der Waals surface area contributed by atoms with Crippen LogP contribution in [0.4, 0.5) is 11.4 Å². The molecule has 2 heterocycles. The summed E-state index contributed by atoms with van der Waals surface area (Å²) in [5, 5.41) is 2.10. The van der Waals surface area contributed by atoms with Gasteiger partial charge in [-0.2, -0.15) is 0 Å². The van der Waals surface area contributed by atoms with Crippen LogP contribution in [0.25, 0.3) is 0 Å². The molecule has 4 aromatic carbocycles. The van der Waals surface area contributed by atoms with Gasteiger partial charge in [-0.25, -0.2) is 14.8 Å². The van der Waals surface area contributed by atoms with E-state index in [1.165, 1.54) is 12.0 Å². The fourth-order valence-corrected chi connectivity index (χ4v) is 5.21. The van der Waals surface area contributed by atoms with E-state index in [0.29, 0.717) is 27.5 Å². The van der Waals surface area contributed by atoms with Gasteiger partial charge in [0.25, 0.3) is 5.91 Å². The lowest BCUT2D eigenvalue weighted by molar-refractivity contribution is -0.126. The highest BCUT2D eigenvalue weighted by molar-refractivity contribution is 6.30. The van der Waals surface area contributed by atoms with Crippen molar-refractivity contribution >= 4 is 40.8 Å². The number of nitrogens with zero attached hydrogens (tertiary/aromatic N) is 2. The SMILES string of the molecule is COc1cc([C@@H]2[C@@H]3C(=O)N(c4ccccc4)C(=O)[C@H]3ON2c2ccc(Cl)cc2)ccc1OC(=O)c1ccccc1. The molecular formula is C31H23ClN2O6. The molecule has 8 nitrogen and oxygen atoms in total. The normalized spacial score (nSPS) is 20.0. The zero-order valence-electron chi connectivity index (χ0n) is 21.3. The number of benzene rings is 4. The van der Waals surface area contributed by atoms with E-state index in [2.05, 4.69) is 0 Å². The summed E-state index contributed by atoms with van der Waals surface area (Å²) in [4.78, 5) is 47.4. The Morgan fingerprint density at radius 3 is 2.15 bits per heavy atom. The van der Waals surface area contributed by atoms with E-state index in [1.807, 2.05) is 12.1 Å². The summed E-state index contributed by atoms with van der Waals surface area (Å²) >= 11 is 6.11. The number of hydrogen-bond acceptors (Lipinski definition) is 7. The average Bonchev–Trinajstić information content (AvgIpc) is 3.50. The van der Waals surface area contributed by atoms with Crippen molar-refractivity contribution in [3.8, 4) is 11.5 Å². The van der Waals surface area contributed by atoms with Crippen LogP contribution in [-0.2, 0) is 14.4 Å². The Bertz CT molecular complexity index is 1580. The van der Waals surface area contributed by atoms with Gasteiger partial charge in [-0.3, -0.25) is 14.4 Å². The zero-order chi connectivity index (χ0) is 27.8. The van der Waals surface area contributed by atoms with E-state index in [9.17, 15) is 14.4 Å². The van der Waals surface area contributed by atoms with Crippen molar-refractivity contribution in [1.82, 2.24) is 0 Å². The molecule has 0 bridgehead atoms. The van der Waals surface area contributed by atoms with Gasteiger partial charge in [0.1, 0.15) is 5.92 Å². The van der Waals surface area contributed by atoms with Crippen LogP contribution in [0.3, 0.4) is 0 Å². The van der Waals surface area contributed by atoms with E-state index in [1.54, 1.807) is 96.1 Å². The summed E-state index contributed by atoms with van der Waals surface area (Å²) in [5.41, 5.74) is 2.13. The number of hydroxylamine groups is 1. The van der Waals surface area contributed by atoms with Gasteiger partial charge in [0, 0.05) is 5.02 Å². The Hall–Kier alpha value is -4.66. The van der Waals surface area contributed by atoms with Crippen molar-refractivity contribution < 1.29 is 28.7 Å². The monoisotopic (exact) mass is 554 g/mol. The first-order chi connectivity index (χ1) is 19.5. The summed E-state index contributed by atoms with van der Waals surface area (Å²) in [6, 6.07) is 28.7. The van der Waals surface area contributed by atoms with Gasteiger partial charge in [0.05, 0.1) is 30.1 Å². The van der Waals surface area contributed by atoms with E-state index < -0.39 is 29.9 Å². The van der Waals surface area contributed by atoms with E-state index >= 15 is 0 Å². The summed E-state index contributed by atoms with van der Waals surface area (Å²) in [7, 11) is 1.46. The largest absolute Gasteiger partial charge is 0.493 e. The Morgan fingerprint density at radius 1 is 0.800 bits per heavy atom. The molecule has 2 fully saturated rings. The predicted octanol–water partition coefficient (Wildman–Crippen LogP) is 5.62. The molecule has 0 N–H and O–H groups in total. The predicted molar refractivity (Wildman–Crippen MR) is 148 cm³/mol. The molecule has 9 heteroatoms. The minimum absolute atomic E-state index is 0.216. The number of halogens is 1. The lowest BCUT2D eigenvalue weighted by Gasteiger charge is -2.29. The minimum atomic E-state index is -1.03. The van der Waals surface area contributed by atoms with E-state index in [-0.39, 0.29) is 17.4 Å². The van der Waals surface area contributed by atoms with Gasteiger partial charge in [0.15, 0.2) is 17.6 Å². The number of ether oxygens (including phenoxy) is 2. The molecule has 0 spiro atoms. The third-order valence-electron chi connectivity index (χ3n) is 6.95. The number of carbonyl (C=O) groups excluding carboxylic acids is 3. The van der Waals surface area contributed by atoms with Crippen LogP contribution >= 0.6 is 11.6 Å². The smallest absolute Gasteiger partial charge is 0.343 e. The number of imide groups is 1. The quantitative estimate of drug-likeness (QED) is 0.174. The maximum Gasteiger partial charge on any atom is 0.343 e. The van der Waals surface area contributed by atoms with Gasteiger partial charge in [0.2, 0.25) is 5.91 Å². The fraction of sp³-hybridized carbons (Fsp3) is 0.129. The summed E-state index contributed by atoms with van der Waals surface area (Å²) < 4.78 is 11.2. The number of fused-ring (bicyclic) bond motifs is 1. The van der Waals surface area contributed by atoms with Gasteiger partial charge < -0.3 is 9.47 Å². The minimum Gasteiger partial charge on any atom is -0.493 e. The lowest BCUT2D eigenvalue weighted by atomic mass is 9.90. The summed E-state index contributed by atoms with van der Waals surface area (Å²) in [5.74, 6) is -1.69. The second-order valence-corrected chi connectivity index (χ2v) is 9.75. The van der Waals surface area contributed by atoms with Crippen LogP contribution in [0.2, 0.25) is 5.02 Å². The second-order valence-electron chi connectivity index (χ2n) is 9.31.